The molecule has 0 saturated carbocycles. The van der Waals surface area contributed by atoms with Gasteiger partial charge in [0.25, 0.3) is 11.8 Å². The van der Waals surface area contributed by atoms with E-state index in [1.54, 1.807) is 0 Å². The van der Waals surface area contributed by atoms with E-state index < -0.39 is 5.82 Å². The summed E-state index contributed by atoms with van der Waals surface area (Å²) in [4.78, 5) is 44.6. The molecule has 1 aliphatic rings. The molecule has 42 heavy (non-hydrogen) atoms. The fourth-order valence-corrected chi connectivity index (χ4v) is 4.95. The molecule has 214 valence electrons. The van der Waals surface area contributed by atoms with Gasteiger partial charge >= 0.3 is 0 Å². The zero-order valence-corrected chi connectivity index (χ0v) is 23.5. The number of hydrogen-bond donors (Lipinski definition) is 1. The van der Waals surface area contributed by atoms with E-state index in [1.165, 1.54) is 29.2 Å². The van der Waals surface area contributed by atoms with Crippen LogP contribution in [0.15, 0.2) is 103 Å². The molecule has 1 fully saturated rings. The van der Waals surface area contributed by atoms with Crippen LogP contribution < -0.4 is 10.2 Å². The Labute approximate surface area is 245 Å². The van der Waals surface area contributed by atoms with Crippen molar-refractivity contribution in [3.05, 3.63) is 131 Å². The lowest BCUT2D eigenvalue weighted by atomic mass is 10.1. The lowest BCUT2D eigenvalue weighted by Gasteiger charge is -2.36. The number of amides is 3. The first-order valence-corrected chi connectivity index (χ1v) is 14.0. The first-order chi connectivity index (χ1) is 20.4. The molecular formula is C34H33FN4O3. The van der Waals surface area contributed by atoms with Crippen LogP contribution in [-0.4, -0.2) is 60.2 Å². The highest BCUT2D eigenvalue weighted by atomic mass is 19.1. The molecule has 0 unspecified atom stereocenters. The number of halogens is 1. The van der Waals surface area contributed by atoms with Gasteiger partial charge in [-0.3, -0.25) is 14.4 Å². The molecule has 0 aliphatic carbocycles. The van der Waals surface area contributed by atoms with Crippen molar-refractivity contribution in [3.63, 3.8) is 0 Å². The summed E-state index contributed by atoms with van der Waals surface area (Å²) in [6.07, 6.45) is 0. The second-order valence-corrected chi connectivity index (χ2v) is 10.4. The fourth-order valence-electron chi connectivity index (χ4n) is 4.95. The quantitative estimate of drug-likeness (QED) is 0.312. The maximum absolute atomic E-state index is 13.4. The average Bonchev–Trinajstić information content (AvgIpc) is 3.02. The van der Waals surface area contributed by atoms with Crippen LogP contribution in [0.1, 0.15) is 31.8 Å². The second-order valence-electron chi connectivity index (χ2n) is 10.4. The maximum atomic E-state index is 13.4. The molecule has 0 spiro atoms. The first kappa shape index (κ1) is 28.5. The number of nitrogens with one attached hydrogen (secondary N) is 1. The number of anilines is 2. The predicted molar refractivity (Wildman–Crippen MR) is 162 cm³/mol. The highest BCUT2D eigenvalue weighted by molar-refractivity contribution is 5.99. The highest BCUT2D eigenvalue weighted by Crippen LogP contribution is 2.21. The molecule has 0 bridgehead atoms. The Balaban J connectivity index is 1.18. The molecule has 1 heterocycles. The number of aryl methyl sites for hydroxylation is 1. The molecular weight excluding hydrogens is 531 g/mol. The zero-order chi connectivity index (χ0) is 29.5. The summed E-state index contributed by atoms with van der Waals surface area (Å²) in [6.45, 7) is 4.76. The van der Waals surface area contributed by atoms with Crippen molar-refractivity contribution >= 4 is 29.1 Å². The monoisotopic (exact) mass is 564 g/mol. The molecule has 0 aromatic heterocycles. The van der Waals surface area contributed by atoms with Gasteiger partial charge in [0, 0.05) is 55.2 Å². The number of nitrogens with zero attached hydrogens (tertiary/aromatic N) is 3. The van der Waals surface area contributed by atoms with Crippen molar-refractivity contribution in [1.82, 2.24) is 9.80 Å². The topological polar surface area (TPSA) is 73.0 Å². The molecule has 3 amide bonds. The van der Waals surface area contributed by atoms with E-state index in [4.69, 9.17) is 0 Å². The van der Waals surface area contributed by atoms with Gasteiger partial charge in [-0.15, -0.1) is 0 Å². The molecule has 0 radical (unpaired) electrons. The SMILES string of the molecule is Cc1ccc(C(=O)N2CCN(c3ccc(NC(=O)CN(Cc4ccccc4)C(=O)c4ccc(F)cc4)cc3)CC2)cc1. The number of benzene rings is 4. The number of piperazine rings is 1. The van der Waals surface area contributed by atoms with Crippen LogP contribution in [-0.2, 0) is 11.3 Å². The Morgan fingerprint density at radius 2 is 1.38 bits per heavy atom. The molecule has 7 nitrogen and oxygen atoms in total. The van der Waals surface area contributed by atoms with Crippen molar-refractivity contribution in [1.29, 1.82) is 0 Å². The smallest absolute Gasteiger partial charge is 0.254 e. The van der Waals surface area contributed by atoms with Crippen LogP contribution in [0.5, 0.6) is 0 Å². The zero-order valence-electron chi connectivity index (χ0n) is 23.5. The minimum atomic E-state index is -0.431. The number of carbonyl (C=O) groups excluding carboxylic acids is 3. The first-order valence-electron chi connectivity index (χ1n) is 14.0. The van der Waals surface area contributed by atoms with E-state index in [-0.39, 0.29) is 30.8 Å². The van der Waals surface area contributed by atoms with E-state index in [9.17, 15) is 18.8 Å². The minimum absolute atomic E-state index is 0.0481. The normalized spacial score (nSPS) is 13.0. The summed E-state index contributed by atoms with van der Waals surface area (Å²) in [7, 11) is 0. The highest BCUT2D eigenvalue weighted by Gasteiger charge is 2.23. The molecule has 4 aromatic carbocycles. The Hall–Kier alpha value is -4.98. The summed E-state index contributed by atoms with van der Waals surface area (Å²) in [6, 6.07) is 29.9. The summed E-state index contributed by atoms with van der Waals surface area (Å²) in [5, 5.41) is 2.88. The third-order valence-corrected chi connectivity index (χ3v) is 7.31. The summed E-state index contributed by atoms with van der Waals surface area (Å²) >= 11 is 0. The predicted octanol–water partition coefficient (Wildman–Crippen LogP) is 5.38. The molecule has 1 aliphatic heterocycles. The van der Waals surface area contributed by atoms with E-state index in [1.807, 2.05) is 90.7 Å². The summed E-state index contributed by atoms with van der Waals surface area (Å²) in [5.74, 6) is -1.08. The van der Waals surface area contributed by atoms with Gasteiger partial charge in [-0.1, -0.05) is 48.0 Å². The maximum Gasteiger partial charge on any atom is 0.254 e. The number of hydrogen-bond acceptors (Lipinski definition) is 4. The van der Waals surface area contributed by atoms with Crippen LogP contribution in [0.2, 0.25) is 0 Å². The van der Waals surface area contributed by atoms with Gasteiger partial charge in [0.1, 0.15) is 12.4 Å². The van der Waals surface area contributed by atoms with E-state index >= 15 is 0 Å². The van der Waals surface area contributed by atoms with Gasteiger partial charge in [0.05, 0.1) is 0 Å². The van der Waals surface area contributed by atoms with E-state index in [0.29, 0.717) is 43.0 Å². The van der Waals surface area contributed by atoms with Crippen molar-refractivity contribution in [2.75, 3.05) is 42.9 Å². The van der Waals surface area contributed by atoms with Gasteiger partial charge in [0.15, 0.2) is 0 Å². The Bertz CT molecular complexity index is 1520. The molecule has 5 rings (SSSR count). The van der Waals surface area contributed by atoms with Crippen molar-refractivity contribution in [2.45, 2.75) is 13.5 Å². The Kier molecular flexibility index (Phi) is 8.92. The third-order valence-electron chi connectivity index (χ3n) is 7.31. The van der Waals surface area contributed by atoms with Crippen LogP contribution in [0.25, 0.3) is 0 Å². The lowest BCUT2D eigenvalue weighted by Crippen LogP contribution is -2.48. The molecule has 4 aromatic rings. The van der Waals surface area contributed by atoms with Crippen LogP contribution in [0.3, 0.4) is 0 Å². The van der Waals surface area contributed by atoms with Crippen LogP contribution in [0, 0.1) is 12.7 Å². The molecule has 1 saturated heterocycles. The Morgan fingerprint density at radius 1 is 0.762 bits per heavy atom. The van der Waals surface area contributed by atoms with Gasteiger partial charge in [0.2, 0.25) is 5.91 Å². The molecule has 0 atom stereocenters. The van der Waals surface area contributed by atoms with Crippen molar-refractivity contribution in [2.24, 2.45) is 0 Å². The standard InChI is InChI=1S/C34H33FN4O3/c1-25-7-9-27(10-8-25)33(41)38-21-19-37(20-22-38)31-17-15-30(16-18-31)36-32(40)24-39(23-26-5-3-2-4-6-26)34(42)28-11-13-29(35)14-12-28/h2-18H,19-24H2,1H3,(H,36,40). The van der Waals surface area contributed by atoms with Crippen LogP contribution >= 0.6 is 0 Å². The Morgan fingerprint density at radius 3 is 2.02 bits per heavy atom. The van der Waals surface area contributed by atoms with E-state index in [2.05, 4.69) is 10.2 Å². The van der Waals surface area contributed by atoms with Gasteiger partial charge < -0.3 is 20.0 Å². The average molecular weight is 565 g/mol. The van der Waals surface area contributed by atoms with Gasteiger partial charge in [-0.05, 0) is 73.2 Å². The lowest BCUT2D eigenvalue weighted by molar-refractivity contribution is -0.117. The number of rotatable bonds is 8. The van der Waals surface area contributed by atoms with Crippen molar-refractivity contribution in [3.8, 4) is 0 Å². The molecule has 8 heteroatoms. The summed E-state index contributed by atoms with van der Waals surface area (Å²) < 4.78 is 13.4. The second kappa shape index (κ2) is 13.1. The molecule has 1 N–H and O–H groups in total. The van der Waals surface area contributed by atoms with E-state index in [0.717, 1.165) is 16.8 Å². The third kappa shape index (κ3) is 7.20. The van der Waals surface area contributed by atoms with Gasteiger partial charge in [-0.25, -0.2) is 4.39 Å². The minimum Gasteiger partial charge on any atom is -0.368 e. The van der Waals surface area contributed by atoms with Crippen LogP contribution in [0.4, 0.5) is 15.8 Å². The van der Waals surface area contributed by atoms with Gasteiger partial charge in [-0.2, -0.15) is 0 Å². The summed E-state index contributed by atoms with van der Waals surface area (Å²) in [5.41, 5.74) is 4.64. The number of carbonyl (C=O) groups is 3. The van der Waals surface area contributed by atoms with Crippen molar-refractivity contribution < 1.29 is 18.8 Å². The largest absolute Gasteiger partial charge is 0.368 e. The fraction of sp³-hybridized carbons (Fsp3) is 0.206.